The number of rotatable bonds is 3. The molecule has 22 heavy (non-hydrogen) atoms. The van der Waals surface area contributed by atoms with Crippen molar-refractivity contribution in [2.45, 2.75) is 18.9 Å². The van der Waals surface area contributed by atoms with E-state index in [-0.39, 0.29) is 23.5 Å². The number of nitrogens with one attached hydrogen (secondary N) is 1. The van der Waals surface area contributed by atoms with Crippen molar-refractivity contribution >= 4 is 17.7 Å². The molecule has 8 nitrogen and oxygen atoms in total. The summed E-state index contributed by atoms with van der Waals surface area (Å²) >= 11 is 0. The summed E-state index contributed by atoms with van der Waals surface area (Å²) in [5, 5.41) is 2.96. The van der Waals surface area contributed by atoms with E-state index in [1.165, 1.54) is 12.4 Å². The summed E-state index contributed by atoms with van der Waals surface area (Å²) in [6, 6.07) is 1.88. The van der Waals surface area contributed by atoms with E-state index >= 15 is 0 Å². The number of hydrogen-bond acceptors (Lipinski definition) is 7. The molecule has 1 aliphatic rings. The molecule has 2 aromatic rings. The third-order valence-corrected chi connectivity index (χ3v) is 3.61. The van der Waals surface area contributed by atoms with Gasteiger partial charge in [-0.1, -0.05) is 0 Å². The standard InChI is InChI=1S/C14H17N7O/c15-12-11(16-6-7-17-12)13(22)20-10-2-8-21(9-3-10)14-18-4-1-5-19-14/h1,4-7,10H,2-3,8-9H2,(H2,15,17)(H,20,22). The number of aromatic nitrogens is 4. The Morgan fingerprint density at radius 1 is 1.09 bits per heavy atom. The Balaban J connectivity index is 1.56. The van der Waals surface area contributed by atoms with Crippen molar-refractivity contribution in [3.63, 3.8) is 0 Å². The van der Waals surface area contributed by atoms with Crippen molar-refractivity contribution in [1.82, 2.24) is 25.3 Å². The lowest BCUT2D eigenvalue weighted by Crippen LogP contribution is -2.45. The predicted molar refractivity (Wildman–Crippen MR) is 81.2 cm³/mol. The highest BCUT2D eigenvalue weighted by atomic mass is 16.2. The molecular formula is C14H17N7O. The molecule has 0 aromatic carbocycles. The van der Waals surface area contributed by atoms with Crippen LogP contribution in [-0.4, -0.2) is 45.0 Å². The zero-order chi connectivity index (χ0) is 15.4. The molecule has 0 atom stereocenters. The van der Waals surface area contributed by atoms with Crippen LogP contribution in [0.1, 0.15) is 23.3 Å². The zero-order valence-corrected chi connectivity index (χ0v) is 12.0. The smallest absolute Gasteiger partial charge is 0.273 e. The van der Waals surface area contributed by atoms with Crippen molar-refractivity contribution in [2.75, 3.05) is 23.7 Å². The molecule has 0 saturated carbocycles. The minimum absolute atomic E-state index is 0.0915. The molecule has 3 heterocycles. The Kier molecular flexibility index (Phi) is 4.08. The van der Waals surface area contributed by atoms with E-state index in [1.54, 1.807) is 18.5 Å². The second-order valence-corrected chi connectivity index (χ2v) is 5.07. The fourth-order valence-electron chi connectivity index (χ4n) is 2.46. The van der Waals surface area contributed by atoms with Gasteiger partial charge in [0.2, 0.25) is 5.95 Å². The van der Waals surface area contributed by atoms with E-state index in [2.05, 4.69) is 30.2 Å². The number of piperidine rings is 1. The number of carbonyl (C=O) groups excluding carboxylic acids is 1. The molecule has 1 saturated heterocycles. The molecule has 114 valence electrons. The number of carbonyl (C=O) groups is 1. The average Bonchev–Trinajstić information content (AvgIpc) is 2.57. The molecule has 3 N–H and O–H groups in total. The lowest BCUT2D eigenvalue weighted by atomic mass is 10.1. The van der Waals surface area contributed by atoms with Gasteiger partial charge in [0.25, 0.3) is 5.91 Å². The third-order valence-electron chi connectivity index (χ3n) is 3.61. The van der Waals surface area contributed by atoms with E-state index in [0.717, 1.165) is 31.9 Å². The van der Waals surface area contributed by atoms with Gasteiger partial charge in [0.05, 0.1) is 0 Å². The summed E-state index contributed by atoms with van der Waals surface area (Å²) in [6.07, 6.45) is 8.03. The largest absolute Gasteiger partial charge is 0.382 e. The van der Waals surface area contributed by atoms with Crippen LogP contribution < -0.4 is 16.0 Å². The first-order chi connectivity index (χ1) is 10.7. The third kappa shape index (κ3) is 3.11. The van der Waals surface area contributed by atoms with Crippen LogP contribution in [-0.2, 0) is 0 Å². The number of hydrogen-bond donors (Lipinski definition) is 2. The van der Waals surface area contributed by atoms with Crippen molar-refractivity contribution in [3.8, 4) is 0 Å². The van der Waals surface area contributed by atoms with Crippen LogP contribution in [0.15, 0.2) is 30.9 Å². The van der Waals surface area contributed by atoms with Crippen LogP contribution in [0.4, 0.5) is 11.8 Å². The second kappa shape index (κ2) is 6.33. The highest BCUT2D eigenvalue weighted by Crippen LogP contribution is 2.16. The minimum atomic E-state index is -0.278. The number of nitrogens with two attached hydrogens (primary N) is 1. The van der Waals surface area contributed by atoms with Crippen molar-refractivity contribution in [3.05, 3.63) is 36.5 Å². The number of anilines is 2. The summed E-state index contributed by atoms with van der Waals surface area (Å²) in [5.74, 6) is 0.598. The summed E-state index contributed by atoms with van der Waals surface area (Å²) < 4.78 is 0. The summed E-state index contributed by atoms with van der Waals surface area (Å²) in [4.78, 5) is 30.6. The highest BCUT2D eigenvalue weighted by molar-refractivity contribution is 5.96. The number of amides is 1. The van der Waals surface area contributed by atoms with E-state index < -0.39 is 0 Å². The van der Waals surface area contributed by atoms with E-state index in [0.29, 0.717) is 0 Å². The second-order valence-electron chi connectivity index (χ2n) is 5.07. The predicted octanol–water partition coefficient (Wildman–Crippen LogP) is 0.248. The van der Waals surface area contributed by atoms with E-state index in [4.69, 9.17) is 5.73 Å². The van der Waals surface area contributed by atoms with Gasteiger partial charge in [-0.2, -0.15) is 0 Å². The van der Waals surface area contributed by atoms with Crippen molar-refractivity contribution in [2.24, 2.45) is 0 Å². The fraction of sp³-hybridized carbons (Fsp3) is 0.357. The van der Waals surface area contributed by atoms with E-state index in [9.17, 15) is 4.79 Å². The fourth-order valence-corrected chi connectivity index (χ4v) is 2.46. The Morgan fingerprint density at radius 3 is 2.45 bits per heavy atom. The van der Waals surface area contributed by atoms with Crippen LogP contribution in [0, 0.1) is 0 Å². The van der Waals surface area contributed by atoms with Crippen molar-refractivity contribution in [1.29, 1.82) is 0 Å². The summed E-state index contributed by atoms with van der Waals surface area (Å²) in [5.41, 5.74) is 5.84. The molecule has 8 heteroatoms. The van der Waals surface area contributed by atoms with Gasteiger partial charge in [0.1, 0.15) is 0 Å². The van der Waals surface area contributed by atoms with Gasteiger partial charge in [-0.15, -0.1) is 0 Å². The monoisotopic (exact) mass is 299 g/mol. The number of nitrogens with zero attached hydrogens (tertiary/aromatic N) is 5. The molecule has 1 fully saturated rings. The zero-order valence-electron chi connectivity index (χ0n) is 12.0. The van der Waals surface area contributed by atoms with Gasteiger partial charge >= 0.3 is 0 Å². The Hall–Kier alpha value is -2.77. The lowest BCUT2D eigenvalue weighted by molar-refractivity contribution is 0.0926. The maximum Gasteiger partial charge on any atom is 0.273 e. The first-order valence-electron chi connectivity index (χ1n) is 7.13. The lowest BCUT2D eigenvalue weighted by Gasteiger charge is -2.32. The van der Waals surface area contributed by atoms with Gasteiger partial charge in [-0.05, 0) is 18.9 Å². The molecule has 1 aliphatic heterocycles. The first-order valence-corrected chi connectivity index (χ1v) is 7.13. The quantitative estimate of drug-likeness (QED) is 0.835. The molecule has 0 unspecified atom stereocenters. The van der Waals surface area contributed by atoms with Crippen LogP contribution in [0.25, 0.3) is 0 Å². The molecule has 1 amide bonds. The van der Waals surface area contributed by atoms with Crippen LogP contribution in [0.5, 0.6) is 0 Å². The van der Waals surface area contributed by atoms with E-state index in [1.807, 2.05) is 0 Å². The Morgan fingerprint density at radius 2 is 1.77 bits per heavy atom. The van der Waals surface area contributed by atoms with Crippen LogP contribution >= 0.6 is 0 Å². The summed E-state index contributed by atoms with van der Waals surface area (Å²) in [6.45, 7) is 1.59. The average molecular weight is 299 g/mol. The SMILES string of the molecule is Nc1nccnc1C(=O)NC1CCN(c2ncccn2)CC1. The van der Waals surface area contributed by atoms with Gasteiger partial charge in [0.15, 0.2) is 11.5 Å². The van der Waals surface area contributed by atoms with Crippen LogP contribution in [0.3, 0.4) is 0 Å². The van der Waals surface area contributed by atoms with Crippen molar-refractivity contribution < 1.29 is 4.79 Å². The molecule has 0 bridgehead atoms. The molecule has 0 radical (unpaired) electrons. The van der Waals surface area contributed by atoms with Gasteiger partial charge in [0, 0.05) is 43.9 Å². The topological polar surface area (TPSA) is 110 Å². The molecular weight excluding hydrogens is 282 g/mol. The molecule has 3 rings (SSSR count). The Bertz CT molecular complexity index is 641. The van der Waals surface area contributed by atoms with Gasteiger partial charge in [-0.25, -0.2) is 19.9 Å². The number of nitrogen functional groups attached to an aromatic ring is 1. The maximum absolute atomic E-state index is 12.2. The molecule has 0 aliphatic carbocycles. The highest BCUT2D eigenvalue weighted by Gasteiger charge is 2.23. The van der Waals surface area contributed by atoms with Gasteiger partial charge in [-0.3, -0.25) is 4.79 Å². The molecule has 2 aromatic heterocycles. The summed E-state index contributed by atoms with van der Waals surface area (Å²) in [7, 11) is 0. The van der Waals surface area contributed by atoms with Crippen LogP contribution in [0.2, 0.25) is 0 Å². The normalized spacial score (nSPS) is 15.5. The first kappa shape index (κ1) is 14.2. The Labute approximate surface area is 127 Å². The van der Waals surface area contributed by atoms with Gasteiger partial charge < -0.3 is 16.0 Å². The minimum Gasteiger partial charge on any atom is -0.382 e. The molecule has 0 spiro atoms. The maximum atomic E-state index is 12.2.